The predicted octanol–water partition coefficient (Wildman–Crippen LogP) is 2.15. The maximum absolute atomic E-state index is 11.8. The molecule has 1 aliphatic rings. The average molecular weight is 226 g/mol. The number of carbonyl (C=O) groups is 1. The molecule has 0 aromatic carbocycles. The SMILES string of the molecule is CN(CC1CCCC1)C(=O)CCC(C)(C)N. The Morgan fingerprint density at radius 1 is 1.38 bits per heavy atom. The molecule has 3 nitrogen and oxygen atoms in total. The summed E-state index contributed by atoms with van der Waals surface area (Å²) in [5, 5.41) is 0. The molecule has 3 heteroatoms. The maximum Gasteiger partial charge on any atom is 0.222 e. The summed E-state index contributed by atoms with van der Waals surface area (Å²) in [6.07, 6.45) is 6.60. The molecule has 0 unspecified atom stereocenters. The molecular weight excluding hydrogens is 200 g/mol. The summed E-state index contributed by atoms with van der Waals surface area (Å²) in [7, 11) is 1.92. The normalized spacial score (nSPS) is 17.8. The van der Waals surface area contributed by atoms with Crippen molar-refractivity contribution in [1.29, 1.82) is 0 Å². The minimum Gasteiger partial charge on any atom is -0.345 e. The van der Waals surface area contributed by atoms with Crippen LogP contribution in [0, 0.1) is 5.92 Å². The van der Waals surface area contributed by atoms with E-state index >= 15 is 0 Å². The highest BCUT2D eigenvalue weighted by Crippen LogP contribution is 2.25. The van der Waals surface area contributed by atoms with Crippen molar-refractivity contribution in [3.63, 3.8) is 0 Å². The topological polar surface area (TPSA) is 46.3 Å². The Bertz CT molecular complexity index is 227. The first-order valence-electron chi connectivity index (χ1n) is 6.41. The summed E-state index contributed by atoms with van der Waals surface area (Å²) in [5.41, 5.74) is 5.64. The molecule has 0 spiro atoms. The maximum atomic E-state index is 11.8. The Morgan fingerprint density at radius 2 is 1.94 bits per heavy atom. The van der Waals surface area contributed by atoms with Crippen molar-refractivity contribution < 1.29 is 4.79 Å². The minimum absolute atomic E-state index is 0.232. The fourth-order valence-corrected chi connectivity index (χ4v) is 2.30. The molecule has 2 N–H and O–H groups in total. The van der Waals surface area contributed by atoms with Gasteiger partial charge in [-0.1, -0.05) is 12.8 Å². The van der Waals surface area contributed by atoms with Gasteiger partial charge in [0, 0.05) is 25.6 Å². The number of nitrogens with zero attached hydrogens (tertiary/aromatic N) is 1. The van der Waals surface area contributed by atoms with E-state index in [9.17, 15) is 4.79 Å². The van der Waals surface area contributed by atoms with E-state index in [-0.39, 0.29) is 11.4 Å². The van der Waals surface area contributed by atoms with Crippen molar-refractivity contribution in [2.75, 3.05) is 13.6 Å². The third kappa shape index (κ3) is 4.97. The molecule has 0 aromatic heterocycles. The zero-order valence-electron chi connectivity index (χ0n) is 11.0. The van der Waals surface area contributed by atoms with E-state index in [1.807, 2.05) is 25.8 Å². The molecule has 0 bridgehead atoms. The predicted molar refractivity (Wildman–Crippen MR) is 67.1 cm³/mol. The zero-order valence-corrected chi connectivity index (χ0v) is 11.0. The van der Waals surface area contributed by atoms with Crippen molar-refractivity contribution in [1.82, 2.24) is 4.90 Å². The molecule has 0 aromatic rings. The molecule has 16 heavy (non-hydrogen) atoms. The summed E-state index contributed by atoms with van der Waals surface area (Å²) in [4.78, 5) is 13.7. The van der Waals surface area contributed by atoms with Crippen molar-refractivity contribution in [3.8, 4) is 0 Å². The fraction of sp³-hybridized carbons (Fsp3) is 0.923. The van der Waals surface area contributed by atoms with Gasteiger partial charge in [0.05, 0.1) is 0 Å². The van der Waals surface area contributed by atoms with Crippen LogP contribution in [-0.4, -0.2) is 29.9 Å². The van der Waals surface area contributed by atoms with E-state index in [1.165, 1.54) is 25.7 Å². The van der Waals surface area contributed by atoms with E-state index in [1.54, 1.807) is 0 Å². The fourth-order valence-electron chi connectivity index (χ4n) is 2.30. The molecule has 1 aliphatic carbocycles. The first kappa shape index (κ1) is 13.5. The molecule has 1 saturated carbocycles. The van der Waals surface area contributed by atoms with Crippen LogP contribution in [0.3, 0.4) is 0 Å². The number of hydrogen-bond donors (Lipinski definition) is 1. The van der Waals surface area contributed by atoms with Gasteiger partial charge in [-0.25, -0.2) is 0 Å². The van der Waals surface area contributed by atoms with E-state index in [0.717, 1.165) is 18.9 Å². The Balaban J connectivity index is 2.24. The van der Waals surface area contributed by atoms with Gasteiger partial charge in [0.25, 0.3) is 0 Å². The van der Waals surface area contributed by atoms with Crippen LogP contribution in [0.25, 0.3) is 0 Å². The second kappa shape index (κ2) is 5.67. The molecule has 1 fully saturated rings. The quantitative estimate of drug-likeness (QED) is 0.781. The second-order valence-corrected chi connectivity index (χ2v) is 5.91. The van der Waals surface area contributed by atoms with Crippen LogP contribution in [0.5, 0.6) is 0 Å². The Hall–Kier alpha value is -0.570. The summed E-state index contributed by atoms with van der Waals surface area (Å²) >= 11 is 0. The van der Waals surface area contributed by atoms with Crippen LogP contribution in [0.4, 0.5) is 0 Å². The highest BCUT2D eigenvalue weighted by molar-refractivity contribution is 5.75. The van der Waals surface area contributed by atoms with E-state index in [2.05, 4.69) is 0 Å². The van der Waals surface area contributed by atoms with Crippen molar-refractivity contribution in [3.05, 3.63) is 0 Å². The first-order valence-corrected chi connectivity index (χ1v) is 6.41. The van der Waals surface area contributed by atoms with Crippen LogP contribution in [0.15, 0.2) is 0 Å². The molecular formula is C13H26N2O. The number of rotatable bonds is 5. The van der Waals surface area contributed by atoms with Crippen molar-refractivity contribution >= 4 is 5.91 Å². The van der Waals surface area contributed by atoms with E-state index in [0.29, 0.717) is 6.42 Å². The molecule has 0 heterocycles. The highest BCUT2D eigenvalue weighted by Gasteiger charge is 2.20. The molecule has 0 saturated heterocycles. The molecule has 1 amide bonds. The monoisotopic (exact) mass is 226 g/mol. The minimum atomic E-state index is -0.232. The lowest BCUT2D eigenvalue weighted by Gasteiger charge is -2.23. The standard InChI is InChI=1S/C13H26N2O/c1-13(2,14)9-8-12(16)15(3)10-11-6-4-5-7-11/h11H,4-10,14H2,1-3H3. The van der Waals surface area contributed by atoms with Crippen LogP contribution >= 0.6 is 0 Å². The molecule has 1 rings (SSSR count). The summed E-state index contributed by atoms with van der Waals surface area (Å²) < 4.78 is 0. The summed E-state index contributed by atoms with van der Waals surface area (Å²) in [5.74, 6) is 0.977. The van der Waals surface area contributed by atoms with E-state index in [4.69, 9.17) is 5.73 Å². The van der Waals surface area contributed by atoms with Gasteiger partial charge < -0.3 is 10.6 Å². The van der Waals surface area contributed by atoms with Gasteiger partial charge in [-0.15, -0.1) is 0 Å². The molecule has 94 valence electrons. The van der Waals surface area contributed by atoms with Crippen LogP contribution < -0.4 is 5.73 Å². The third-order valence-electron chi connectivity index (χ3n) is 3.42. The molecule has 0 radical (unpaired) electrons. The van der Waals surface area contributed by atoms with Gasteiger partial charge in [0.2, 0.25) is 5.91 Å². The number of carbonyl (C=O) groups excluding carboxylic acids is 1. The Labute approximate surface area is 99.4 Å². The number of amides is 1. The summed E-state index contributed by atoms with van der Waals surface area (Å²) in [6.45, 7) is 4.87. The van der Waals surface area contributed by atoms with Crippen molar-refractivity contribution in [2.24, 2.45) is 11.7 Å². The van der Waals surface area contributed by atoms with Gasteiger partial charge in [0.1, 0.15) is 0 Å². The van der Waals surface area contributed by atoms with Crippen LogP contribution in [-0.2, 0) is 4.79 Å². The average Bonchev–Trinajstić information content (AvgIpc) is 2.65. The highest BCUT2D eigenvalue weighted by atomic mass is 16.2. The van der Waals surface area contributed by atoms with Crippen LogP contribution in [0.2, 0.25) is 0 Å². The smallest absolute Gasteiger partial charge is 0.222 e. The van der Waals surface area contributed by atoms with Crippen molar-refractivity contribution in [2.45, 2.75) is 57.9 Å². The largest absolute Gasteiger partial charge is 0.345 e. The van der Waals surface area contributed by atoms with Gasteiger partial charge in [-0.05, 0) is 39.0 Å². The Morgan fingerprint density at radius 3 is 2.44 bits per heavy atom. The zero-order chi connectivity index (χ0) is 12.2. The van der Waals surface area contributed by atoms with Crippen LogP contribution in [0.1, 0.15) is 52.4 Å². The second-order valence-electron chi connectivity index (χ2n) is 5.91. The van der Waals surface area contributed by atoms with E-state index < -0.39 is 0 Å². The van der Waals surface area contributed by atoms with Gasteiger partial charge in [-0.2, -0.15) is 0 Å². The Kier molecular flexibility index (Phi) is 4.78. The number of nitrogens with two attached hydrogens (primary N) is 1. The van der Waals surface area contributed by atoms with Gasteiger partial charge in [-0.3, -0.25) is 4.79 Å². The lowest BCUT2D eigenvalue weighted by Crippen LogP contribution is -2.36. The summed E-state index contributed by atoms with van der Waals surface area (Å²) in [6, 6.07) is 0. The molecule has 0 aliphatic heterocycles. The molecule has 0 atom stereocenters. The third-order valence-corrected chi connectivity index (χ3v) is 3.42. The van der Waals surface area contributed by atoms with Gasteiger partial charge in [0.15, 0.2) is 0 Å². The van der Waals surface area contributed by atoms with Gasteiger partial charge >= 0.3 is 0 Å². The lowest BCUT2D eigenvalue weighted by atomic mass is 9.99. The number of hydrogen-bond acceptors (Lipinski definition) is 2. The lowest BCUT2D eigenvalue weighted by molar-refractivity contribution is -0.130. The first-order chi connectivity index (χ1) is 7.38.